The van der Waals surface area contributed by atoms with Gasteiger partial charge in [-0.15, -0.1) is 11.3 Å². The number of aryl methyl sites for hydroxylation is 2. The lowest BCUT2D eigenvalue weighted by molar-refractivity contribution is 0.475. The Morgan fingerprint density at radius 1 is 1.13 bits per heavy atom. The van der Waals surface area contributed by atoms with E-state index < -0.39 is 0 Å². The number of nitrogens with zero attached hydrogens (tertiary/aromatic N) is 3. The maximum Gasteiger partial charge on any atom is 0.158 e. The van der Waals surface area contributed by atoms with Crippen molar-refractivity contribution in [3.8, 4) is 5.75 Å². The van der Waals surface area contributed by atoms with Gasteiger partial charge in [-0.05, 0) is 61.1 Å². The number of rotatable bonds is 3. The number of hydrogen-bond acceptors (Lipinski definition) is 6. The Labute approximate surface area is 137 Å². The summed E-state index contributed by atoms with van der Waals surface area (Å²) in [6, 6.07) is 6.89. The summed E-state index contributed by atoms with van der Waals surface area (Å²) in [6.07, 6.45) is 8.03. The minimum Gasteiger partial charge on any atom is -0.508 e. The van der Waals surface area contributed by atoms with Crippen LogP contribution < -0.4 is 5.43 Å². The standard InChI is InChI=1S/C17H16N4OS/c22-12-7-5-11(6-8-12)9-20-21-16-15-13-3-1-2-4-14(13)23-17(15)19-10-18-16/h5-10,22H,1-4H2,(H,18,19,21)/b20-9-. The number of benzene rings is 1. The average molecular weight is 324 g/mol. The molecule has 2 aromatic heterocycles. The third-order valence-corrected chi connectivity index (χ3v) is 5.23. The molecule has 4 rings (SSSR count). The molecule has 0 aliphatic heterocycles. The van der Waals surface area contributed by atoms with Crippen LogP contribution in [0.2, 0.25) is 0 Å². The molecule has 3 aromatic rings. The van der Waals surface area contributed by atoms with Crippen molar-refractivity contribution in [1.29, 1.82) is 0 Å². The third-order valence-electron chi connectivity index (χ3n) is 4.03. The Bertz CT molecular complexity index is 870. The van der Waals surface area contributed by atoms with Crippen LogP contribution in [0.1, 0.15) is 28.8 Å². The molecule has 0 fully saturated rings. The molecule has 1 aliphatic rings. The molecule has 6 heteroatoms. The second kappa shape index (κ2) is 5.96. The molecule has 0 bridgehead atoms. The van der Waals surface area contributed by atoms with Crippen molar-refractivity contribution in [2.45, 2.75) is 25.7 Å². The maximum absolute atomic E-state index is 9.29. The monoisotopic (exact) mass is 324 g/mol. The van der Waals surface area contributed by atoms with Crippen LogP contribution >= 0.6 is 11.3 Å². The number of phenols is 1. The second-order valence-corrected chi connectivity index (χ2v) is 6.66. The van der Waals surface area contributed by atoms with Gasteiger partial charge in [0, 0.05) is 4.88 Å². The van der Waals surface area contributed by atoms with Crippen LogP contribution in [0.15, 0.2) is 35.7 Å². The molecule has 0 atom stereocenters. The van der Waals surface area contributed by atoms with Gasteiger partial charge in [0.2, 0.25) is 0 Å². The van der Waals surface area contributed by atoms with Crippen molar-refractivity contribution in [3.05, 3.63) is 46.6 Å². The van der Waals surface area contributed by atoms with Crippen molar-refractivity contribution in [3.63, 3.8) is 0 Å². The molecule has 2 heterocycles. The van der Waals surface area contributed by atoms with Crippen LogP contribution in [0.5, 0.6) is 5.75 Å². The molecule has 116 valence electrons. The number of nitrogens with one attached hydrogen (secondary N) is 1. The average Bonchev–Trinajstić information content (AvgIpc) is 2.96. The third kappa shape index (κ3) is 2.77. The molecule has 0 saturated heterocycles. The van der Waals surface area contributed by atoms with Crippen molar-refractivity contribution < 1.29 is 5.11 Å². The first kappa shape index (κ1) is 14.1. The lowest BCUT2D eigenvalue weighted by Gasteiger charge is -2.11. The molecule has 0 unspecified atom stereocenters. The van der Waals surface area contributed by atoms with Gasteiger partial charge in [-0.3, -0.25) is 5.43 Å². The molecule has 0 amide bonds. The Morgan fingerprint density at radius 3 is 2.83 bits per heavy atom. The molecule has 2 N–H and O–H groups in total. The molecule has 1 aromatic carbocycles. The van der Waals surface area contributed by atoms with E-state index in [-0.39, 0.29) is 5.75 Å². The highest BCUT2D eigenvalue weighted by atomic mass is 32.1. The number of fused-ring (bicyclic) bond motifs is 3. The summed E-state index contributed by atoms with van der Waals surface area (Å²) >= 11 is 1.77. The highest BCUT2D eigenvalue weighted by Gasteiger charge is 2.19. The van der Waals surface area contributed by atoms with Gasteiger partial charge < -0.3 is 5.11 Å². The van der Waals surface area contributed by atoms with E-state index in [0.717, 1.165) is 34.4 Å². The Kier molecular flexibility index (Phi) is 3.67. The predicted molar refractivity (Wildman–Crippen MR) is 93.4 cm³/mol. The number of anilines is 1. The molecule has 0 radical (unpaired) electrons. The summed E-state index contributed by atoms with van der Waals surface area (Å²) in [4.78, 5) is 11.3. The molecular formula is C17H16N4OS. The van der Waals surface area contributed by atoms with Crippen molar-refractivity contribution in [1.82, 2.24) is 9.97 Å². The van der Waals surface area contributed by atoms with Crippen molar-refractivity contribution >= 4 is 33.6 Å². The first-order chi connectivity index (χ1) is 11.3. The van der Waals surface area contributed by atoms with Gasteiger partial charge in [-0.25, -0.2) is 9.97 Å². The largest absolute Gasteiger partial charge is 0.508 e. The molecule has 0 saturated carbocycles. The number of aromatic hydroxyl groups is 1. The molecule has 23 heavy (non-hydrogen) atoms. The quantitative estimate of drug-likeness (QED) is 0.569. The summed E-state index contributed by atoms with van der Waals surface area (Å²) in [5.41, 5.74) is 5.35. The van der Waals surface area contributed by atoms with Crippen LogP contribution in [0.25, 0.3) is 10.2 Å². The molecule has 0 spiro atoms. The fraction of sp³-hybridized carbons (Fsp3) is 0.235. The lowest BCUT2D eigenvalue weighted by atomic mass is 9.97. The smallest absolute Gasteiger partial charge is 0.158 e. The van der Waals surface area contributed by atoms with E-state index in [1.165, 1.54) is 23.3 Å². The van der Waals surface area contributed by atoms with Gasteiger partial charge in [0.15, 0.2) is 5.82 Å². The zero-order chi connectivity index (χ0) is 15.6. The summed E-state index contributed by atoms with van der Waals surface area (Å²) in [7, 11) is 0. The highest BCUT2D eigenvalue weighted by Crippen LogP contribution is 2.38. The van der Waals surface area contributed by atoms with Crippen LogP contribution in [-0.4, -0.2) is 21.3 Å². The summed E-state index contributed by atoms with van der Waals surface area (Å²) in [6.45, 7) is 0. The first-order valence-electron chi connectivity index (χ1n) is 7.64. The maximum atomic E-state index is 9.29. The Balaban J connectivity index is 1.63. The Morgan fingerprint density at radius 2 is 1.96 bits per heavy atom. The summed E-state index contributed by atoms with van der Waals surface area (Å²) in [5.74, 6) is 1.02. The van der Waals surface area contributed by atoms with E-state index in [2.05, 4.69) is 20.5 Å². The van der Waals surface area contributed by atoms with Gasteiger partial charge in [-0.1, -0.05) is 0 Å². The lowest BCUT2D eigenvalue weighted by Crippen LogP contribution is -2.00. The SMILES string of the molecule is Oc1ccc(/C=N\Nc2ncnc3sc4c(c23)CCCC4)cc1. The van der Waals surface area contributed by atoms with Gasteiger partial charge in [0.05, 0.1) is 11.6 Å². The van der Waals surface area contributed by atoms with E-state index in [1.54, 1.807) is 36.0 Å². The number of thiophene rings is 1. The van der Waals surface area contributed by atoms with E-state index >= 15 is 0 Å². The fourth-order valence-corrected chi connectivity index (χ4v) is 4.13. The molecular weight excluding hydrogens is 308 g/mol. The highest BCUT2D eigenvalue weighted by molar-refractivity contribution is 7.19. The van der Waals surface area contributed by atoms with E-state index in [4.69, 9.17) is 0 Å². The second-order valence-electron chi connectivity index (χ2n) is 5.57. The zero-order valence-electron chi connectivity index (χ0n) is 12.5. The normalized spacial score (nSPS) is 14.3. The van der Waals surface area contributed by atoms with E-state index in [9.17, 15) is 5.11 Å². The van der Waals surface area contributed by atoms with Crippen LogP contribution in [-0.2, 0) is 12.8 Å². The van der Waals surface area contributed by atoms with Gasteiger partial charge >= 0.3 is 0 Å². The van der Waals surface area contributed by atoms with Crippen LogP contribution in [0.3, 0.4) is 0 Å². The number of phenolic OH excluding ortho intramolecular Hbond substituents is 1. The molecule has 1 aliphatic carbocycles. The van der Waals surface area contributed by atoms with Gasteiger partial charge in [0.1, 0.15) is 16.9 Å². The summed E-state index contributed by atoms with van der Waals surface area (Å²) in [5, 5.41) is 14.7. The zero-order valence-corrected chi connectivity index (χ0v) is 13.3. The minimum atomic E-state index is 0.248. The first-order valence-corrected chi connectivity index (χ1v) is 8.46. The van der Waals surface area contributed by atoms with Crippen LogP contribution in [0.4, 0.5) is 5.82 Å². The van der Waals surface area contributed by atoms with Crippen molar-refractivity contribution in [2.24, 2.45) is 5.10 Å². The van der Waals surface area contributed by atoms with Gasteiger partial charge in [-0.2, -0.15) is 5.10 Å². The number of hydrazone groups is 1. The summed E-state index contributed by atoms with van der Waals surface area (Å²) < 4.78 is 0. The van der Waals surface area contributed by atoms with Crippen molar-refractivity contribution in [2.75, 3.05) is 5.43 Å². The number of aromatic nitrogens is 2. The minimum absolute atomic E-state index is 0.248. The fourth-order valence-electron chi connectivity index (χ4n) is 2.90. The van der Waals surface area contributed by atoms with Gasteiger partial charge in [0.25, 0.3) is 0 Å². The van der Waals surface area contributed by atoms with E-state index in [0.29, 0.717) is 0 Å². The van der Waals surface area contributed by atoms with Crippen LogP contribution in [0, 0.1) is 0 Å². The Hall–Kier alpha value is -2.47. The molecule has 5 nitrogen and oxygen atoms in total. The number of hydrogen-bond donors (Lipinski definition) is 2. The predicted octanol–water partition coefficient (Wildman–Crippen LogP) is 3.72. The van der Waals surface area contributed by atoms with E-state index in [1.807, 2.05) is 12.1 Å². The topological polar surface area (TPSA) is 70.4 Å².